The third kappa shape index (κ3) is 2.30. The van der Waals surface area contributed by atoms with Crippen molar-refractivity contribution >= 4 is 17.6 Å². The fourth-order valence-corrected chi connectivity index (χ4v) is 2.44. The van der Waals surface area contributed by atoms with Gasteiger partial charge in [-0.25, -0.2) is 9.59 Å². The molecule has 0 spiro atoms. The monoisotopic (exact) mass is 249 g/mol. The average Bonchev–Trinajstić information content (AvgIpc) is 2.38. The van der Waals surface area contributed by atoms with E-state index in [0.717, 1.165) is 0 Å². The number of nitrogens with zero attached hydrogens (tertiary/aromatic N) is 1. The van der Waals surface area contributed by atoms with Gasteiger partial charge in [-0.2, -0.15) is 0 Å². The topological polar surface area (TPSA) is 77.8 Å². The third-order valence-electron chi connectivity index (χ3n) is 3.25. The smallest absolute Gasteiger partial charge is 0.326 e. The molecule has 0 aliphatic carbocycles. The van der Waals surface area contributed by atoms with Crippen molar-refractivity contribution in [2.75, 3.05) is 4.90 Å². The van der Waals surface area contributed by atoms with Gasteiger partial charge in [-0.15, -0.1) is 0 Å². The fraction of sp³-hybridized carbons (Fsp3) is 0.385. The van der Waals surface area contributed by atoms with Gasteiger partial charge in [0.25, 0.3) is 0 Å². The normalized spacial score (nSPS) is 23.7. The molecule has 0 radical (unpaired) electrons. The standard InChI is InChI=1S/C13H15NO4/c15-12(16)10-7-4-8-11(13(17)18)14(10)9-5-2-1-3-6-9/h1-3,5-6,10-11H,4,7-8H2,(H,15,16)(H,17,18). The number of carboxylic acids is 2. The number of benzene rings is 1. The van der Waals surface area contributed by atoms with E-state index < -0.39 is 24.0 Å². The number of para-hydroxylation sites is 1. The summed E-state index contributed by atoms with van der Waals surface area (Å²) < 4.78 is 0. The van der Waals surface area contributed by atoms with E-state index in [1.807, 2.05) is 6.07 Å². The zero-order valence-electron chi connectivity index (χ0n) is 9.82. The molecule has 0 aromatic heterocycles. The van der Waals surface area contributed by atoms with E-state index in [4.69, 9.17) is 0 Å². The zero-order valence-corrected chi connectivity index (χ0v) is 9.82. The molecule has 1 aliphatic heterocycles. The molecule has 2 N–H and O–H groups in total. The Morgan fingerprint density at radius 3 is 1.94 bits per heavy atom. The summed E-state index contributed by atoms with van der Waals surface area (Å²) >= 11 is 0. The van der Waals surface area contributed by atoms with Crippen LogP contribution in [0.3, 0.4) is 0 Å². The lowest BCUT2D eigenvalue weighted by molar-refractivity contribution is -0.142. The van der Waals surface area contributed by atoms with Crippen LogP contribution in [0, 0.1) is 0 Å². The molecular formula is C13H15NO4. The van der Waals surface area contributed by atoms with Crippen molar-refractivity contribution in [3.8, 4) is 0 Å². The first-order valence-corrected chi connectivity index (χ1v) is 5.90. The number of anilines is 1. The van der Waals surface area contributed by atoms with Gasteiger partial charge in [-0.1, -0.05) is 18.2 Å². The molecule has 1 aromatic carbocycles. The molecule has 1 heterocycles. The van der Waals surface area contributed by atoms with Crippen LogP contribution in [0.15, 0.2) is 30.3 Å². The lowest BCUT2D eigenvalue weighted by Crippen LogP contribution is -2.53. The Balaban J connectivity index is 2.38. The van der Waals surface area contributed by atoms with Crippen LogP contribution >= 0.6 is 0 Å². The quantitative estimate of drug-likeness (QED) is 0.850. The van der Waals surface area contributed by atoms with Gasteiger partial charge < -0.3 is 15.1 Å². The lowest BCUT2D eigenvalue weighted by Gasteiger charge is -2.39. The van der Waals surface area contributed by atoms with Crippen molar-refractivity contribution in [3.05, 3.63) is 30.3 Å². The molecule has 96 valence electrons. The number of carboxylic acid groups (broad SMARTS) is 2. The van der Waals surface area contributed by atoms with Gasteiger partial charge in [-0.3, -0.25) is 0 Å². The molecular weight excluding hydrogens is 234 g/mol. The van der Waals surface area contributed by atoms with Gasteiger partial charge in [0.2, 0.25) is 0 Å². The Morgan fingerprint density at radius 2 is 1.50 bits per heavy atom. The number of hydrogen-bond donors (Lipinski definition) is 2. The van der Waals surface area contributed by atoms with Crippen molar-refractivity contribution in [2.24, 2.45) is 0 Å². The van der Waals surface area contributed by atoms with E-state index >= 15 is 0 Å². The summed E-state index contributed by atoms with van der Waals surface area (Å²) in [5.41, 5.74) is 0.650. The van der Waals surface area contributed by atoms with E-state index in [9.17, 15) is 19.8 Å². The maximum Gasteiger partial charge on any atom is 0.326 e. The van der Waals surface area contributed by atoms with Crippen molar-refractivity contribution in [2.45, 2.75) is 31.3 Å². The molecule has 0 bridgehead atoms. The molecule has 1 saturated heterocycles. The Hall–Kier alpha value is -2.04. The molecule has 1 aliphatic rings. The van der Waals surface area contributed by atoms with Gasteiger partial charge in [-0.05, 0) is 31.4 Å². The van der Waals surface area contributed by atoms with E-state index in [0.29, 0.717) is 24.9 Å². The van der Waals surface area contributed by atoms with Crippen molar-refractivity contribution in [3.63, 3.8) is 0 Å². The maximum absolute atomic E-state index is 11.3. The highest BCUT2D eigenvalue weighted by atomic mass is 16.4. The molecule has 2 unspecified atom stereocenters. The molecule has 0 amide bonds. The number of hydrogen-bond acceptors (Lipinski definition) is 3. The summed E-state index contributed by atoms with van der Waals surface area (Å²) in [6.45, 7) is 0. The van der Waals surface area contributed by atoms with Crippen LogP contribution in [0.4, 0.5) is 5.69 Å². The summed E-state index contributed by atoms with van der Waals surface area (Å²) in [4.78, 5) is 24.1. The SMILES string of the molecule is O=C(O)C1CCCC(C(=O)O)N1c1ccccc1. The minimum Gasteiger partial charge on any atom is -0.480 e. The van der Waals surface area contributed by atoms with Crippen LogP contribution in [0.1, 0.15) is 19.3 Å². The maximum atomic E-state index is 11.3. The van der Waals surface area contributed by atoms with Gasteiger partial charge in [0, 0.05) is 5.69 Å². The number of rotatable bonds is 3. The second-order valence-electron chi connectivity index (χ2n) is 4.38. The van der Waals surface area contributed by atoms with Crippen molar-refractivity contribution < 1.29 is 19.8 Å². The molecule has 5 nitrogen and oxygen atoms in total. The summed E-state index contributed by atoms with van der Waals surface area (Å²) in [5, 5.41) is 18.5. The summed E-state index contributed by atoms with van der Waals surface area (Å²) in [7, 11) is 0. The Kier molecular flexibility index (Phi) is 3.50. The molecule has 2 rings (SSSR count). The highest BCUT2D eigenvalue weighted by Crippen LogP contribution is 2.29. The minimum atomic E-state index is -0.968. The van der Waals surface area contributed by atoms with Crippen LogP contribution in [0.2, 0.25) is 0 Å². The first-order valence-electron chi connectivity index (χ1n) is 5.90. The third-order valence-corrected chi connectivity index (χ3v) is 3.25. The lowest BCUT2D eigenvalue weighted by atomic mass is 9.94. The average molecular weight is 249 g/mol. The van der Waals surface area contributed by atoms with Crippen LogP contribution in [-0.4, -0.2) is 34.2 Å². The van der Waals surface area contributed by atoms with Gasteiger partial charge >= 0.3 is 11.9 Å². The van der Waals surface area contributed by atoms with Crippen LogP contribution < -0.4 is 4.90 Å². The second-order valence-corrected chi connectivity index (χ2v) is 4.38. The molecule has 1 aromatic rings. The van der Waals surface area contributed by atoms with Gasteiger partial charge in [0.1, 0.15) is 12.1 Å². The largest absolute Gasteiger partial charge is 0.480 e. The minimum absolute atomic E-state index is 0.480. The van der Waals surface area contributed by atoms with Crippen molar-refractivity contribution in [1.82, 2.24) is 0 Å². The van der Waals surface area contributed by atoms with Crippen LogP contribution in [-0.2, 0) is 9.59 Å². The molecule has 1 fully saturated rings. The Bertz CT molecular complexity index is 424. The van der Waals surface area contributed by atoms with Crippen LogP contribution in [0.25, 0.3) is 0 Å². The summed E-state index contributed by atoms with van der Waals surface area (Å²) in [6.07, 6.45) is 1.58. The first kappa shape index (κ1) is 12.4. The van der Waals surface area contributed by atoms with Gasteiger partial charge in [0.15, 0.2) is 0 Å². The highest BCUT2D eigenvalue weighted by molar-refractivity contribution is 5.85. The zero-order chi connectivity index (χ0) is 13.1. The number of piperidine rings is 1. The Labute approximate surface area is 105 Å². The summed E-state index contributed by atoms with van der Waals surface area (Å²) in [5.74, 6) is -1.94. The van der Waals surface area contributed by atoms with Gasteiger partial charge in [0.05, 0.1) is 0 Å². The summed E-state index contributed by atoms with van der Waals surface area (Å²) in [6, 6.07) is 7.35. The van der Waals surface area contributed by atoms with E-state index in [-0.39, 0.29) is 0 Å². The molecule has 2 atom stereocenters. The predicted molar refractivity (Wildman–Crippen MR) is 65.6 cm³/mol. The van der Waals surface area contributed by atoms with E-state index in [1.54, 1.807) is 24.3 Å². The Morgan fingerprint density at radius 1 is 1.00 bits per heavy atom. The van der Waals surface area contributed by atoms with E-state index in [1.165, 1.54) is 4.90 Å². The number of carbonyl (C=O) groups is 2. The predicted octanol–water partition coefficient (Wildman–Crippen LogP) is 1.58. The molecule has 0 saturated carbocycles. The van der Waals surface area contributed by atoms with E-state index in [2.05, 4.69) is 0 Å². The molecule has 18 heavy (non-hydrogen) atoms. The van der Waals surface area contributed by atoms with Crippen molar-refractivity contribution in [1.29, 1.82) is 0 Å². The molecule has 5 heteroatoms. The first-order chi connectivity index (χ1) is 8.61. The second kappa shape index (κ2) is 5.08. The van der Waals surface area contributed by atoms with Crippen LogP contribution in [0.5, 0.6) is 0 Å². The highest BCUT2D eigenvalue weighted by Gasteiger charge is 2.38. The number of aliphatic carboxylic acids is 2. The fourth-order valence-electron chi connectivity index (χ4n) is 2.44.